The summed E-state index contributed by atoms with van der Waals surface area (Å²) in [5, 5.41) is 2.97. The van der Waals surface area contributed by atoms with Crippen LogP contribution in [0.1, 0.15) is 0 Å². The highest BCUT2D eigenvalue weighted by molar-refractivity contribution is 14.1. The molecule has 0 aromatic heterocycles. The highest BCUT2D eigenvalue weighted by Crippen LogP contribution is 2.20. The molecule has 6 heteroatoms. The van der Waals surface area contributed by atoms with Gasteiger partial charge >= 0.3 is 0 Å². The van der Waals surface area contributed by atoms with Gasteiger partial charge in [-0.1, -0.05) is 6.07 Å². The number of benzene rings is 2. The second kappa shape index (κ2) is 8.53. The molecule has 3 rings (SSSR count). The van der Waals surface area contributed by atoms with Crippen molar-refractivity contribution in [3.63, 3.8) is 0 Å². The molecule has 5 nitrogen and oxygen atoms in total. The van der Waals surface area contributed by atoms with E-state index in [1.807, 2.05) is 36.4 Å². The molecule has 2 aromatic carbocycles. The number of methoxy groups -OCH3 is 1. The lowest BCUT2D eigenvalue weighted by atomic mass is 10.2. The maximum absolute atomic E-state index is 12.2. The SMILES string of the molecule is COc1ccc(N2CCN(CC(=O)Nc3cccc(I)c3)CC2)cc1. The molecule has 1 fully saturated rings. The number of carbonyl (C=O) groups is 1. The second-order valence-corrected chi connectivity index (χ2v) is 7.27. The van der Waals surface area contributed by atoms with Gasteiger partial charge in [0.05, 0.1) is 13.7 Å². The van der Waals surface area contributed by atoms with Crippen LogP contribution in [0, 0.1) is 3.57 Å². The maximum atomic E-state index is 12.2. The number of hydrogen-bond donors (Lipinski definition) is 1. The molecule has 0 spiro atoms. The number of carbonyl (C=O) groups excluding carboxylic acids is 1. The fourth-order valence-corrected chi connectivity index (χ4v) is 3.47. The van der Waals surface area contributed by atoms with Gasteiger partial charge in [0.2, 0.25) is 5.91 Å². The molecule has 1 amide bonds. The van der Waals surface area contributed by atoms with E-state index >= 15 is 0 Å². The first-order valence-corrected chi connectivity index (χ1v) is 9.39. The summed E-state index contributed by atoms with van der Waals surface area (Å²) in [4.78, 5) is 16.8. The summed E-state index contributed by atoms with van der Waals surface area (Å²) in [6.45, 7) is 4.03. The zero-order chi connectivity index (χ0) is 17.6. The van der Waals surface area contributed by atoms with Crippen molar-refractivity contribution in [2.45, 2.75) is 0 Å². The van der Waals surface area contributed by atoms with Crippen molar-refractivity contribution < 1.29 is 9.53 Å². The first kappa shape index (κ1) is 18.0. The van der Waals surface area contributed by atoms with Gasteiger partial charge in [-0.25, -0.2) is 0 Å². The molecule has 0 radical (unpaired) electrons. The van der Waals surface area contributed by atoms with Crippen molar-refractivity contribution >= 4 is 39.9 Å². The maximum Gasteiger partial charge on any atom is 0.238 e. The number of amides is 1. The van der Waals surface area contributed by atoms with Gasteiger partial charge in [-0.2, -0.15) is 0 Å². The van der Waals surface area contributed by atoms with Gasteiger partial charge in [0.25, 0.3) is 0 Å². The van der Waals surface area contributed by atoms with E-state index in [0.717, 1.165) is 41.2 Å². The third kappa shape index (κ3) is 5.09. The Morgan fingerprint density at radius 2 is 1.84 bits per heavy atom. The van der Waals surface area contributed by atoms with Gasteiger partial charge in [0.1, 0.15) is 5.75 Å². The van der Waals surface area contributed by atoms with Gasteiger partial charge < -0.3 is 15.0 Å². The topological polar surface area (TPSA) is 44.8 Å². The first-order chi connectivity index (χ1) is 12.1. The largest absolute Gasteiger partial charge is 0.497 e. The predicted octanol–water partition coefficient (Wildman–Crippen LogP) is 3.06. The molecule has 1 aliphatic heterocycles. The van der Waals surface area contributed by atoms with Crippen LogP contribution in [-0.4, -0.2) is 50.6 Å². The number of ether oxygens (including phenoxy) is 1. The Bertz CT molecular complexity index is 713. The highest BCUT2D eigenvalue weighted by Gasteiger charge is 2.19. The summed E-state index contributed by atoms with van der Waals surface area (Å²) in [7, 11) is 1.68. The molecule has 0 saturated carbocycles. The number of rotatable bonds is 5. The van der Waals surface area contributed by atoms with Crippen molar-refractivity contribution in [2.24, 2.45) is 0 Å². The van der Waals surface area contributed by atoms with Crippen LogP contribution in [0.5, 0.6) is 5.75 Å². The number of halogens is 1. The predicted molar refractivity (Wildman–Crippen MR) is 109 cm³/mol. The molecular weight excluding hydrogens is 429 g/mol. The molecule has 0 bridgehead atoms. The van der Waals surface area contributed by atoms with E-state index in [1.54, 1.807) is 7.11 Å². The summed E-state index contributed by atoms with van der Waals surface area (Å²) in [6, 6.07) is 16.0. The first-order valence-electron chi connectivity index (χ1n) is 8.31. The van der Waals surface area contributed by atoms with E-state index in [4.69, 9.17) is 4.74 Å². The Morgan fingerprint density at radius 1 is 1.12 bits per heavy atom. The molecule has 1 aliphatic rings. The van der Waals surface area contributed by atoms with Crippen molar-refractivity contribution in [3.8, 4) is 5.75 Å². The number of anilines is 2. The molecular formula is C19H22IN3O2. The molecule has 0 unspecified atom stereocenters. The standard InChI is InChI=1S/C19H22IN3O2/c1-25-18-7-5-17(6-8-18)23-11-9-22(10-12-23)14-19(24)21-16-4-2-3-15(20)13-16/h2-8,13H,9-12,14H2,1H3,(H,21,24). The third-order valence-electron chi connectivity index (χ3n) is 4.29. The van der Waals surface area contributed by atoms with Crippen molar-refractivity contribution in [1.82, 2.24) is 4.90 Å². The molecule has 132 valence electrons. The fourth-order valence-electron chi connectivity index (χ4n) is 2.93. The van der Waals surface area contributed by atoms with E-state index in [2.05, 4.69) is 49.8 Å². The van der Waals surface area contributed by atoms with Crippen LogP contribution in [0.2, 0.25) is 0 Å². The molecule has 1 N–H and O–H groups in total. The van der Waals surface area contributed by atoms with Crippen LogP contribution in [0.15, 0.2) is 48.5 Å². The lowest BCUT2D eigenvalue weighted by Gasteiger charge is -2.35. The average molecular weight is 451 g/mol. The van der Waals surface area contributed by atoms with E-state index in [-0.39, 0.29) is 5.91 Å². The van der Waals surface area contributed by atoms with Crippen LogP contribution in [0.3, 0.4) is 0 Å². The minimum atomic E-state index is 0.0416. The van der Waals surface area contributed by atoms with Crippen LogP contribution in [0.25, 0.3) is 0 Å². The number of nitrogens with zero attached hydrogens (tertiary/aromatic N) is 2. The van der Waals surface area contributed by atoms with Crippen LogP contribution >= 0.6 is 22.6 Å². The summed E-state index contributed by atoms with van der Waals surface area (Å²) >= 11 is 2.24. The van der Waals surface area contributed by atoms with E-state index < -0.39 is 0 Å². The lowest BCUT2D eigenvalue weighted by Crippen LogP contribution is -2.48. The molecule has 1 saturated heterocycles. The quantitative estimate of drug-likeness (QED) is 0.711. The van der Waals surface area contributed by atoms with Crippen LogP contribution in [0.4, 0.5) is 11.4 Å². The van der Waals surface area contributed by atoms with Crippen LogP contribution < -0.4 is 15.0 Å². The summed E-state index contributed by atoms with van der Waals surface area (Å²) in [5.74, 6) is 0.912. The molecule has 2 aromatic rings. The zero-order valence-corrected chi connectivity index (χ0v) is 16.4. The summed E-state index contributed by atoms with van der Waals surface area (Å²) < 4.78 is 6.32. The van der Waals surface area contributed by atoms with E-state index in [1.165, 1.54) is 5.69 Å². The number of hydrogen-bond acceptors (Lipinski definition) is 4. The van der Waals surface area contributed by atoms with Gasteiger partial charge in [-0.15, -0.1) is 0 Å². The molecule has 0 aliphatic carbocycles. The van der Waals surface area contributed by atoms with Crippen molar-refractivity contribution in [2.75, 3.05) is 50.1 Å². The smallest absolute Gasteiger partial charge is 0.238 e. The second-order valence-electron chi connectivity index (χ2n) is 6.02. The summed E-state index contributed by atoms with van der Waals surface area (Å²) in [5.41, 5.74) is 2.05. The molecule has 1 heterocycles. The van der Waals surface area contributed by atoms with Crippen LogP contribution in [-0.2, 0) is 4.79 Å². The Labute approximate surface area is 162 Å². The minimum absolute atomic E-state index is 0.0416. The van der Waals surface area contributed by atoms with E-state index in [0.29, 0.717) is 6.54 Å². The van der Waals surface area contributed by atoms with Gasteiger partial charge in [-0.3, -0.25) is 9.69 Å². The summed E-state index contributed by atoms with van der Waals surface area (Å²) in [6.07, 6.45) is 0. The molecule has 0 atom stereocenters. The zero-order valence-electron chi connectivity index (χ0n) is 14.2. The molecule has 25 heavy (non-hydrogen) atoms. The fraction of sp³-hybridized carbons (Fsp3) is 0.316. The lowest BCUT2D eigenvalue weighted by molar-refractivity contribution is -0.117. The normalized spacial score (nSPS) is 15.0. The van der Waals surface area contributed by atoms with Crippen molar-refractivity contribution in [3.05, 3.63) is 52.1 Å². The third-order valence-corrected chi connectivity index (χ3v) is 4.96. The Kier molecular flexibility index (Phi) is 6.14. The van der Waals surface area contributed by atoms with Gasteiger partial charge in [-0.05, 0) is 65.1 Å². The van der Waals surface area contributed by atoms with Gasteiger partial charge in [0.15, 0.2) is 0 Å². The van der Waals surface area contributed by atoms with Gasteiger partial charge in [0, 0.05) is 41.1 Å². The Balaban J connectivity index is 1.47. The number of piperazine rings is 1. The van der Waals surface area contributed by atoms with Crippen molar-refractivity contribution in [1.29, 1.82) is 0 Å². The van der Waals surface area contributed by atoms with E-state index in [9.17, 15) is 4.79 Å². The highest BCUT2D eigenvalue weighted by atomic mass is 127. The average Bonchev–Trinajstić information content (AvgIpc) is 2.62. The number of nitrogens with one attached hydrogen (secondary N) is 1. The Hall–Kier alpha value is -1.80. The monoisotopic (exact) mass is 451 g/mol. The minimum Gasteiger partial charge on any atom is -0.497 e. The Morgan fingerprint density at radius 3 is 2.48 bits per heavy atom.